The van der Waals surface area contributed by atoms with Crippen molar-refractivity contribution in [2.24, 2.45) is 0 Å². The largest absolute Gasteiger partial charge is 0.497 e. The molecule has 234 valence electrons. The number of fused-ring (bicyclic) bond motifs is 2. The van der Waals surface area contributed by atoms with Crippen LogP contribution in [0.1, 0.15) is 22.8 Å². The quantitative estimate of drug-likeness (QED) is 0.122. The van der Waals surface area contributed by atoms with Crippen molar-refractivity contribution in [2.45, 2.75) is 26.9 Å². The predicted octanol–water partition coefficient (Wildman–Crippen LogP) is 8.41. The number of anilines is 3. The summed E-state index contributed by atoms with van der Waals surface area (Å²) in [6.07, 6.45) is 1.61. The molecule has 0 aliphatic carbocycles. The van der Waals surface area contributed by atoms with Crippen LogP contribution in [0.3, 0.4) is 0 Å². The molecule has 3 amide bonds. The van der Waals surface area contributed by atoms with Crippen molar-refractivity contribution in [1.82, 2.24) is 5.32 Å². The van der Waals surface area contributed by atoms with Crippen molar-refractivity contribution in [3.63, 3.8) is 0 Å². The van der Waals surface area contributed by atoms with Gasteiger partial charge in [0.2, 0.25) is 5.91 Å². The molecule has 0 aromatic heterocycles. The number of methoxy groups -OCH3 is 1. The van der Waals surface area contributed by atoms with E-state index in [0.29, 0.717) is 22.6 Å². The minimum Gasteiger partial charge on any atom is -0.497 e. The number of carbonyl (C=O) groups is 3. The summed E-state index contributed by atoms with van der Waals surface area (Å²) >= 11 is 3.07. The number of nitrogens with one attached hydrogen (secondary N) is 2. The van der Waals surface area contributed by atoms with Gasteiger partial charge in [-0.3, -0.25) is 19.3 Å². The zero-order chi connectivity index (χ0) is 32.8. The van der Waals surface area contributed by atoms with Crippen molar-refractivity contribution >= 4 is 64.4 Å². The van der Waals surface area contributed by atoms with E-state index in [9.17, 15) is 14.4 Å². The highest BCUT2D eigenvalue weighted by Gasteiger charge is 2.31. The molecule has 9 heteroatoms. The Morgan fingerprint density at radius 1 is 0.787 bits per heavy atom. The lowest BCUT2D eigenvalue weighted by Crippen LogP contribution is -2.34. The van der Waals surface area contributed by atoms with Crippen LogP contribution in [0.4, 0.5) is 17.1 Å². The number of hydrogen-bond acceptors (Lipinski definition) is 6. The molecule has 6 rings (SSSR count). The molecule has 0 saturated heterocycles. The standard InChI is InChI=1S/C38H31N3O4S2/c1-25(38(44)41-32-15-6-8-17-34(32)47-35-18-9-7-16-33(35)41)46-30-14-10-13-28(24-30)39-37(43)31(23-26-19-21-29(45-2)22-20-26)40-36(42)27-11-4-3-5-12-27/h3-25H,1-2H3,(H,39,43)(H,40,42)/b31-23+. The Balaban J connectivity index is 1.20. The number of nitrogens with zero attached hydrogens (tertiary/aromatic N) is 1. The minimum atomic E-state index is -0.490. The lowest BCUT2D eigenvalue weighted by Gasteiger charge is -2.32. The van der Waals surface area contributed by atoms with Crippen molar-refractivity contribution in [1.29, 1.82) is 0 Å². The van der Waals surface area contributed by atoms with Crippen molar-refractivity contribution < 1.29 is 19.1 Å². The molecule has 1 heterocycles. The summed E-state index contributed by atoms with van der Waals surface area (Å²) in [5, 5.41) is 5.25. The van der Waals surface area contributed by atoms with E-state index in [0.717, 1.165) is 26.1 Å². The monoisotopic (exact) mass is 657 g/mol. The van der Waals surface area contributed by atoms with E-state index in [4.69, 9.17) is 4.74 Å². The second-order valence-electron chi connectivity index (χ2n) is 10.6. The first kappa shape index (κ1) is 31.7. The lowest BCUT2D eigenvalue weighted by molar-refractivity contribution is -0.117. The highest BCUT2D eigenvalue weighted by atomic mass is 32.2. The number of amides is 3. The van der Waals surface area contributed by atoms with Gasteiger partial charge in [-0.05, 0) is 85.3 Å². The molecule has 0 saturated carbocycles. The smallest absolute Gasteiger partial charge is 0.272 e. The fourth-order valence-corrected chi connectivity index (χ4v) is 7.06. The highest BCUT2D eigenvalue weighted by molar-refractivity contribution is 8.00. The molecule has 47 heavy (non-hydrogen) atoms. The molecule has 1 unspecified atom stereocenters. The van der Waals surface area contributed by atoms with Gasteiger partial charge in [0.05, 0.1) is 23.7 Å². The van der Waals surface area contributed by atoms with Gasteiger partial charge >= 0.3 is 0 Å². The Morgan fingerprint density at radius 3 is 2.09 bits per heavy atom. The predicted molar refractivity (Wildman–Crippen MR) is 189 cm³/mol. The summed E-state index contributed by atoms with van der Waals surface area (Å²) in [4.78, 5) is 45.3. The van der Waals surface area contributed by atoms with Crippen LogP contribution >= 0.6 is 23.5 Å². The molecular weight excluding hydrogens is 627 g/mol. The molecule has 0 bridgehead atoms. The van der Waals surface area contributed by atoms with Crippen LogP contribution in [0, 0.1) is 0 Å². The number of hydrogen-bond donors (Lipinski definition) is 2. The fraction of sp³-hybridized carbons (Fsp3) is 0.0789. The van der Waals surface area contributed by atoms with Crippen LogP contribution in [0.5, 0.6) is 5.75 Å². The van der Waals surface area contributed by atoms with Crippen molar-refractivity contribution in [3.8, 4) is 5.75 Å². The third kappa shape index (κ3) is 7.43. The van der Waals surface area contributed by atoms with E-state index < -0.39 is 17.1 Å². The van der Waals surface area contributed by atoms with Gasteiger partial charge in [-0.1, -0.05) is 72.4 Å². The molecule has 1 aliphatic heterocycles. The van der Waals surface area contributed by atoms with Crippen LogP contribution in [0.15, 0.2) is 148 Å². The summed E-state index contributed by atoms with van der Waals surface area (Å²) in [5.41, 5.74) is 3.47. The van der Waals surface area contributed by atoms with E-state index in [-0.39, 0.29) is 11.6 Å². The van der Waals surface area contributed by atoms with E-state index >= 15 is 0 Å². The minimum absolute atomic E-state index is 0.0435. The summed E-state index contributed by atoms with van der Waals surface area (Å²) in [6, 6.07) is 39.0. The first-order chi connectivity index (χ1) is 22.9. The van der Waals surface area contributed by atoms with Crippen molar-refractivity contribution in [3.05, 3.63) is 144 Å². The summed E-state index contributed by atoms with van der Waals surface area (Å²) in [7, 11) is 1.58. The number of para-hydroxylation sites is 2. The molecule has 5 aromatic rings. The Hall–Kier alpha value is -5.25. The second-order valence-corrected chi connectivity index (χ2v) is 13.1. The molecular formula is C38H31N3O4S2. The Bertz CT molecular complexity index is 1920. The van der Waals surface area contributed by atoms with E-state index in [1.807, 2.05) is 79.7 Å². The van der Waals surface area contributed by atoms with Gasteiger partial charge in [0.25, 0.3) is 11.8 Å². The molecule has 0 spiro atoms. The van der Waals surface area contributed by atoms with Gasteiger partial charge in [-0.15, -0.1) is 11.8 Å². The average Bonchev–Trinajstić information content (AvgIpc) is 3.10. The highest BCUT2D eigenvalue weighted by Crippen LogP contribution is 2.48. The van der Waals surface area contributed by atoms with E-state index in [1.165, 1.54) is 11.8 Å². The summed E-state index contributed by atoms with van der Waals surface area (Å²) in [5.74, 6) is -0.263. The SMILES string of the molecule is COc1ccc(/C=C(/NC(=O)c2ccccc2)C(=O)Nc2cccc(SC(C)C(=O)N3c4ccccc4Sc4ccccc43)c2)cc1. The molecule has 0 fully saturated rings. The first-order valence-electron chi connectivity index (χ1n) is 14.9. The third-order valence-electron chi connectivity index (χ3n) is 7.36. The first-order valence-corrected chi connectivity index (χ1v) is 16.6. The Morgan fingerprint density at radius 2 is 1.43 bits per heavy atom. The Kier molecular flexibility index (Phi) is 9.75. The van der Waals surface area contributed by atoms with Crippen LogP contribution < -0.4 is 20.3 Å². The number of rotatable bonds is 9. The summed E-state index contributed by atoms with van der Waals surface area (Å²) in [6.45, 7) is 1.89. The molecule has 1 atom stereocenters. The molecule has 2 N–H and O–H groups in total. The normalized spacial score (nSPS) is 12.7. The van der Waals surface area contributed by atoms with Gasteiger partial charge in [-0.25, -0.2) is 0 Å². The molecule has 5 aromatic carbocycles. The maximum absolute atomic E-state index is 14.0. The molecule has 0 radical (unpaired) electrons. The summed E-state index contributed by atoms with van der Waals surface area (Å²) < 4.78 is 5.25. The fourth-order valence-electron chi connectivity index (χ4n) is 5.03. The van der Waals surface area contributed by atoms with Gasteiger partial charge in [0, 0.05) is 25.9 Å². The maximum Gasteiger partial charge on any atom is 0.272 e. The second kappa shape index (κ2) is 14.5. The van der Waals surface area contributed by atoms with Crippen LogP contribution in [0.25, 0.3) is 6.08 Å². The zero-order valence-corrected chi connectivity index (χ0v) is 27.3. The Labute approximate surface area is 282 Å². The van der Waals surface area contributed by atoms with Gasteiger partial charge in [0.15, 0.2) is 0 Å². The number of ether oxygens (including phenoxy) is 1. The van der Waals surface area contributed by atoms with E-state index in [2.05, 4.69) is 10.6 Å². The van der Waals surface area contributed by atoms with Gasteiger partial charge in [0.1, 0.15) is 11.4 Å². The van der Waals surface area contributed by atoms with E-state index in [1.54, 1.807) is 84.4 Å². The number of benzene rings is 5. The van der Waals surface area contributed by atoms with Crippen LogP contribution in [-0.4, -0.2) is 30.1 Å². The van der Waals surface area contributed by atoms with Crippen LogP contribution in [0.2, 0.25) is 0 Å². The van der Waals surface area contributed by atoms with Crippen LogP contribution in [-0.2, 0) is 9.59 Å². The number of carbonyl (C=O) groups excluding carboxylic acids is 3. The topological polar surface area (TPSA) is 87.7 Å². The molecule has 1 aliphatic rings. The average molecular weight is 658 g/mol. The van der Waals surface area contributed by atoms with Gasteiger partial charge in [-0.2, -0.15) is 0 Å². The maximum atomic E-state index is 14.0. The molecule has 7 nitrogen and oxygen atoms in total. The lowest BCUT2D eigenvalue weighted by atomic mass is 10.1. The third-order valence-corrected chi connectivity index (χ3v) is 9.57. The van der Waals surface area contributed by atoms with Crippen molar-refractivity contribution in [2.75, 3.05) is 17.3 Å². The zero-order valence-electron chi connectivity index (χ0n) is 25.7. The number of thioether (sulfide) groups is 1. The van der Waals surface area contributed by atoms with Gasteiger partial charge < -0.3 is 15.4 Å².